The van der Waals surface area contributed by atoms with E-state index in [1.807, 2.05) is 43.7 Å². The van der Waals surface area contributed by atoms with Crippen LogP contribution >= 0.6 is 0 Å². The molecule has 1 aromatic carbocycles. The molecule has 6 heteroatoms. The van der Waals surface area contributed by atoms with Gasteiger partial charge in [-0.2, -0.15) is 5.10 Å². The highest BCUT2D eigenvalue weighted by Crippen LogP contribution is 2.17. The highest BCUT2D eigenvalue weighted by atomic mass is 16.1. The van der Waals surface area contributed by atoms with E-state index >= 15 is 0 Å². The van der Waals surface area contributed by atoms with Gasteiger partial charge in [0.15, 0.2) is 0 Å². The minimum Gasteiger partial charge on any atom is -0.350 e. The largest absolute Gasteiger partial charge is 0.350 e. The van der Waals surface area contributed by atoms with Crippen molar-refractivity contribution in [2.24, 2.45) is 0 Å². The van der Waals surface area contributed by atoms with Gasteiger partial charge in [0.1, 0.15) is 0 Å². The summed E-state index contributed by atoms with van der Waals surface area (Å²) >= 11 is 0. The Morgan fingerprint density at radius 3 is 2.65 bits per heavy atom. The van der Waals surface area contributed by atoms with E-state index in [9.17, 15) is 9.59 Å². The van der Waals surface area contributed by atoms with Gasteiger partial charge in [-0.25, -0.2) is 0 Å². The van der Waals surface area contributed by atoms with Crippen LogP contribution < -0.4 is 10.9 Å². The Hall–Kier alpha value is -3.15. The van der Waals surface area contributed by atoms with Gasteiger partial charge in [0, 0.05) is 29.6 Å². The molecule has 0 aliphatic rings. The molecule has 26 heavy (non-hydrogen) atoms. The molecule has 2 heterocycles. The van der Waals surface area contributed by atoms with Crippen LogP contribution in [0.4, 0.5) is 0 Å². The lowest BCUT2D eigenvalue weighted by Gasteiger charge is -2.15. The van der Waals surface area contributed by atoms with Crippen LogP contribution in [0.5, 0.6) is 0 Å². The Morgan fingerprint density at radius 1 is 1.19 bits per heavy atom. The van der Waals surface area contributed by atoms with Crippen molar-refractivity contribution in [2.75, 3.05) is 6.54 Å². The number of carbonyl (C=O) groups is 1. The van der Waals surface area contributed by atoms with Crippen LogP contribution in [0.15, 0.2) is 53.3 Å². The molecule has 0 bridgehead atoms. The fraction of sp³-hybridized carbons (Fsp3) is 0.250. The van der Waals surface area contributed by atoms with Crippen molar-refractivity contribution >= 4 is 5.91 Å². The number of hydrogen-bond donors (Lipinski definition) is 2. The number of hydrogen-bond acceptors (Lipinski definition) is 3. The van der Waals surface area contributed by atoms with Crippen molar-refractivity contribution in [1.82, 2.24) is 20.1 Å². The Bertz CT molecular complexity index is 987. The number of aryl methyl sites for hydroxylation is 2. The van der Waals surface area contributed by atoms with Crippen molar-refractivity contribution < 1.29 is 4.79 Å². The predicted molar refractivity (Wildman–Crippen MR) is 101 cm³/mol. The minimum atomic E-state index is -0.170. The van der Waals surface area contributed by atoms with E-state index in [4.69, 9.17) is 0 Å². The lowest BCUT2D eigenvalue weighted by Crippen LogP contribution is -2.30. The first-order chi connectivity index (χ1) is 12.4. The summed E-state index contributed by atoms with van der Waals surface area (Å²) in [6.45, 7) is 6.45. The van der Waals surface area contributed by atoms with Gasteiger partial charge in [-0.15, -0.1) is 0 Å². The molecule has 0 fully saturated rings. The van der Waals surface area contributed by atoms with E-state index in [0.29, 0.717) is 17.8 Å². The summed E-state index contributed by atoms with van der Waals surface area (Å²) in [6, 6.07) is 14.2. The number of aromatic amines is 1. The molecule has 0 saturated heterocycles. The summed E-state index contributed by atoms with van der Waals surface area (Å²) in [4.78, 5) is 26.8. The average molecular weight is 350 g/mol. The molecule has 6 nitrogen and oxygen atoms in total. The maximum absolute atomic E-state index is 12.5. The molecule has 3 rings (SSSR count). The molecular formula is C20H22N4O2. The lowest BCUT2D eigenvalue weighted by molar-refractivity contribution is 0.0948. The quantitative estimate of drug-likeness (QED) is 0.742. The normalized spacial score (nSPS) is 12.0. The lowest BCUT2D eigenvalue weighted by atomic mass is 10.1. The molecular weight excluding hydrogens is 328 g/mol. The van der Waals surface area contributed by atoms with Gasteiger partial charge in [-0.3, -0.25) is 14.3 Å². The van der Waals surface area contributed by atoms with Gasteiger partial charge in [-0.1, -0.05) is 18.2 Å². The number of amides is 1. The third-order valence-electron chi connectivity index (χ3n) is 4.22. The zero-order valence-corrected chi connectivity index (χ0v) is 15.1. The molecule has 2 N–H and O–H groups in total. The summed E-state index contributed by atoms with van der Waals surface area (Å²) < 4.78 is 1.92. The first-order valence-electron chi connectivity index (χ1n) is 8.55. The Morgan fingerprint density at radius 2 is 1.96 bits per heavy atom. The molecule has 3 aromatic rings. The van der Waals surface area contributed by atoms with Crippen LogP contribution in [0.2, 0.25) is 0 Å². The molecule has 0 unspecified atom stereocenters. The fourth-order valence-electron chi connectivity index (χ4n) is 2.97. The number of aromatic nitrogens is 3. The molecule has 1 atom stereocenters. The summed E-state index contributed by atoms with van der Waals surface area (Å²) in [5.41, 5.74) is 3.89. The Balaban J connectivity index is 1.71. The van der Waals surface area contributed by atoms with Crippen molar-refractivity contribution in [3.63, 3.8) is 0 Å². The van der Waals surface area contributed by atoms with E-state index in [1.54, 1.807) is 24.3 Å². The van der Waals surface area contributed by atoms with E-state index in [0.717, 1.165) is 17.0 Å². The van der Waals surface area contributed by atoms with Gasteiger partial charge in [0.05, 0.1) is 11.7 Å². The second-order valence-electron chi connectivity index (χ2n) is 6.44. The minimum absolute atomic E-state index is 0.0568. The van der Waals surface area contributed by atoms with Crippen molar-refractivity contribution in [3.05, 3.63) is 75.8 Å². The second kappa shape index (κ2) is 7.39. The average Bonchev–Trinajstić information content (AvgIpc) is 2.98. The first kappa shape index (κ1) is 17.7. The first-order valence-corrected chi connectivity index (χ1v) is 8.55. The van der Waals surface area contributed by atoms with Gasteiger partial charge < -0.3 is 10.3 Å². The van der Waals surface area contributed by atoms with Gasteiger partial charge >= 0.3 is 0 Å². The molecule has 0 saturated carbocycles. The van der Waals surface area contributed by atoms with Gasteiger partial charge in [-0.05, 0) is 50.6 Å². The van der Waals surface area contributed by atoms with Crippen LogP contribution in [0.25, 0.3) is 11.3 Å². The van der Waals surface area contributed by atoms with Crippen molar-refractivity contribution in [2.45, 2.75) is 26.8 Å². The van der Waals surface area contributed by atoms with Crippen LogP contribution in [0.1, 0.15) is 34.7 Å². The number of carbonyl (C=O) groups excluding carboxylic acids is 1. The third-order valence-corrected chi connectivity index (χ3v) is 4.22. The zero-order valence-electron chi connectivity index (χ0n) is 15.1. The van der Waals surface area contributed by atoms with E-state index < -0.39 is 0 Å². The summed E-state index contributed by atoms with van der Waals surface area (Å²) in [5, 5.41) is 7.41. The van der Waals surface area contributed by atoms with E-state index in [1.165, 1.54) is 6.07 Å². The van der Waals surface area contributed by atoms with Crippen LogP contribution in [-0.2, 0) is 0 Å². The van der Waals surface area contributed by atoms with Gasteiger partial charge in [0.2, 0.25) is 5.56 Å². The maximum Gasteiger partial charge on any atom is 0.251 e. The molecule has 134 valence electrons. The highest BCUT2D eigenvalue weighted by molar-refractivity contribution is 5.95. The van der Waals surface area contributed by atoms with Crippen LogP contribution in [0, 0.1) is 13.8 Å². The monoisotopic (exact) mass is 350 g/mol. The smallest absolute Gasteiger partial charge is 0.251 e. The van der Waals surface area contributed by atoms with Crippen molar-refractivity contribution in [3.8, 4) is 11.3 Å². The predicted octanol–water partition coefficient (Wildman–Crippen LogP) is 2.85. The Kier molecular flexibility index (Phi) is 5.02. The Labute approximate surface area is 151 Å². The standard InChI is InChI=1S/C20H22N4O2/c1-13-10-14(2)24(23-13)15(3)12-21-20(26)17-7-4-6-16(11-17)18-8-5-9-19(25)22-18/h4-11,15H,12H2,1-3H3,(H,21,26)(H,22,25)/t15-/m1/s1. The highest BCUT2D eigenvalue weighted by Gasteiger charge is 2.12. The summed E-state index contributed by atoms with van der Waals surface area (Å²) in [5.74, 6) is -0.154. The molecule has 0 aliphatic carbocycles. The third kappa shape index (κ3) is 3.91. The number of H-pyrrole nitrogens is 1. The fourth-order valence-corrected chi connectivity index (χ4v) is 2.97. The SMILES string of the molecule is Cc1cc(C)n([C@H](C)CNC(=O)c2cccc(-c3cccc(=O)[nH]3)c2)n1. The van der Waals surface area contributed by atoms with Crippen LogP contribution in [0.3, 0.4) is 0 Å². The molecule has 2 aromatic heterocycles. The second-order valence-corrected chi connectivity index (χ2v) is 6.44. The summed E-state index contributed by atoms with van der Waals surface area (Å²) in [6.07, 6.45) is 0. The van der Waals surface area contributed by atoms with Crippen LogP contribution in [-0.4, -0.2) is 27.2 Å². The van der Waals surface area contributed by atoms with E-state index in [-0.39, 0.29) is 17.5 Å². The number of nitrogens with zero attached hydrogens (tertiary/aromatic N) is 2. The molecule has 0 aliphatic heterocycles. The molecule has 0 radical (unpaired) electrons. The number of benzene rings is 1. The number of nitrogens with one attached hydrogen (secondary N) is 2. The van der Waals surface area contributed by atoms with Crippen molar-refractivity contribution in [1.29, 1.82) is 0 Å². The van der Waals surface area contributed by atoms with Gasteiger partial charge in [0.25, 0.3) is 5.91 Å². The topological polar surface area (TPSA) is 79.8 Å². The van der Waals surface area contributed by atoms with E-state index in [2.05, 4.69) is 15.4 Å². The molecule has 1 amide bonds. The maximum atomic E-state index is 12.5. The number of pyridine rings is 1. The molecule has 0 spiro atoms. The number of rotatable bonds is 5. The summed E-state index contributed by atoms with van der Waals surface area (Å²) in [7, 11) is 0. The zero-order chi connectivity index (χ0) is 18.7.